The first-order chi connectivity index (χ1) is 16.7. The summed E-state index contributed by atoms with van der Waals surface area (Å²) in [6, 6.07) is 7.10. The van der Waals surface area contributed by atoms with Crippen LogP contribution < -0.4 is 0 Å². The Kier molecular flexibility index (Phi) is 6.96. The average Bonchev–Trinajstić information content (AvgIpc) is 3.17. The van der Waals surface area contributed by atoms with Crippen molar-refractivity contribution in [2.24, 2.45) is 40.4 Å². The maximum absolute atomic E-state index is 13.2. The van der Waals surface area contributed by atoms with E-state index in [1.54, 1.807) is 31.1 Å². The van der Waals surface area contributed by atoms with Gasteiger partial charge >= 0.3 is 6.09 Å². The fourth-order valence-corrected chi connectivity index (χ4v) is 9.36. The van der Waals surface area contributed by atoms with E-state index in [2.05, 4.69) is 13.8 Å². The molecule has 8 atom stereocenters. The van der Waals surface area contributed by atoms with Gasteiger partial charge in [0.15, 0.2) is 0 Å². The largest absolute Gasteiger partial charge is 0.446 e. The van der Waals surface area contributed by atoms with Gasteiger partial charge in [0, 0.05) is 14.1 Å². The van der Waals surface area contributed by atoms with Crippen LogP contribution in [0.3, 0.4) is 0 Å². The first-order valence-electron chi connectivity index (χ1n) is 14.3. The normalized spacial score (nSPS) is 40.4. The van der Waals surface area contributed by atoms with Gasteiger partial charge in [-0.25, -0.2) is 9.18 Å². The molecule has 0 bridgehead atoms. The summed E-state index contributed by atoms with van der Waals surface area (Å²) in [6.07, 6.45) is 15.1. The van der Waals surface area contributed by atoms with Crippen molar-refractivity contribution < 1.29 is 13.9 Å². The Hall–Kier alpha value is -1.58. The van der Waals surface area contributed by atoms with E-state index < -0.39 is 0 Å². The van der Waals surface area contributed by atoms with Crippen LogP contribution in [0, 0.1) is 46.2 Å². The Morgan fingerprint density at radius 3 is 2.43 bits per heavy atom. The smallest absolute Gasteiger partial charge is 0.409 e. The third-order valence-corrected chi connectivity index (χ3v) is 11.4. The molecular weight excluding hydrogens is 437 g/mol. The predicted octanol–water partition coefficient (Wildman–Crippen LogP) is 7.87. The van der Waals surface area contributed by atoms with Crippen LogP contribution in [0.5, 0.6) is 0 Å². The van der Waals surface area contributed by atoms with Gasteiger partial charge in [-0.15, -0.1) is 0 Å². The standard InChI is InChI=1S/C31H46FNO2/c1-30-19-17-28-26(14-10-23-20-25(16-18-31(23,28)2)35-29(34)33(3)4)27(30)15-11-22(30)7-5-6-21-8-12-24(32)13-9-21/h8-9,12-13,22-23,25-28H,5-7,10-11,14-20H2,1-4H3. The number of hydrogen-bond acceptors (Lipinski definition) is 2. The van der Waals surface area contributed by atoms with E-state index >= 15 is 0 Å². The lowest BCUT2D eigenvalue weighted by molar-refractivity contribution is -0.128. The predicted molar refractivity (Wildman–Crippen MR) is 139 cm³/mol. The number of ether oxygens (including phenoxy) is 1. The Balaban J connectivity index is 1.20. The summed E-state index contributed by atoms with van der Waals surface area (Å²) in [6.45, 7) is 5.23. The zero-order valence-electron chi connectivity index (χ0n) is 22.4. The molecule has 5 rings (SSSR count). The number of fused-ring (bicyclic) bond motifs is 5. The molecule has 0 N–H and O–H groups in total. The number of rotatable bonds is 5. The van der Waals surface area contributed by atoms with Gasteiger partial charge in [-0.05, 0) is 135 Å². The van der Waals surface area contributed by atoms with Crippen molar-refractivity contribution in [3.8, 4) is 0 Å². The van der Waals surface area contributed by atoms with Crippen LogP contribution in [0.4, 0.5) is 9.18 Å². The number of amides is 1. The van der Waals surface area contributed by atoms with E-state index in [1.807, 2.05) is 12.1 Å². The topological polar surface area (TPSA) is 29.5 Å². The van der Waals surface area contributed by atoms with Crippen molar-refractivity contribution >= 4 is 6.09 Å². The summed E-state index contributed by atoms with van der Waals surface area (Å²) in [4.78, 5) is 13.7. The molecule has 1 aromatic carbocycles. The quantitative estimate of drug-likeness (QED) is 0.426. The Morgan fingerprint density at radius 2 is 1.69 bits per heavy atom. The number of halogens is 1. The highest BCUT2D eigenvalue weighted by Crippen LogP contribution is 2.68. The molecule has 8 unspecified atom stereocenters. The molecule has 3 nitrogen and oxygen atoms in total. The molecular formula is C31H46FNO2. The lowest BCUT2D eigenvalue weighted by Gasteiger charge is -2.61. The molecule has 0 aromatic heterocycles. The lowest BCUT2D eigenvalue weighted by Crippen LogP contribution is -2.54. The van der Waals surface area contributed by atoms with Crippen LogP contribution in [0.15, 0.2) is 24.3 Å². The number of carbonyl (C=O) groups is 1. The number of hydrogen-bond donors (Lipinski definition) is 0. The number of aryl methyl sites for hydroxylation is 1. The van der Waals surface area contributed by atoms with Crippen molar-refractivity contribution in [2.75, 3.05) is 14.1 Å². The van der Waals surface area contributed by atoms with Gasteiger partial charge in [-0.1, -0.05) is 26.0 Å². The fourth-order valence-electron chi connectivity index (χ4n) is 9.36. The SMILES string of the molecule is CN(C)C(=O)OC1CCC2(C)C(CCC3C4CCC(CCCc5ccc(F)cc5)C4(C)CCC32)C1. The molecule has 0 saturated heterocycles. The second kappa shape index (κ2) is 9.71. The maximum atomic E-state index is 13.2. The van der Waals surface area contributed by atoms with Crippen molar-refractivity contribution in [3.05, 3.63) is 35.6 Å². The molecule has 4 aliphatic carbocycles. The third kappa shape index (κ3) is 4.64. The van der Waals surface area contributed by atoms with Crippen LogP contribution in [-0.2, 0) is 11.2 Å². The summed E-state index contributed by atoms with van der Waals surface area (Å²) < 4.78 is 19.1. The van der Waals surface area contributed by atoms with Crippen LogP contribution in [0.2, 0.25) is 0 Å². The number of benzene rings is 1. The zero-order valence-corrected chi connectivity index (χ0v) is 22.4. The minimum atomic E-state index is -0.183. The molecule has 4 aliphatic rings. The Bertz CT molecular complexity index is 900. The Morgan fingerprint density at radius 1 is 0.971 bits per heavy atom. The summed E-state index contributed by atoms with van der Waals surface area (Å²) in [5, 5.41) is 0. The van der Waals surface area contributed by atoms with Crippen molar-refractivity contribution in [1.82, 2.24) is 4.90 Å². The molecule has 194 valence electrons. The molecule has 0 spiro atoms. The van der Waals surface area contributed by atoms with Crippen LogP contribution in [0.1, 0.15) is 90.0 Å². The molecule has 0 aliphatic heterocycles. The Labute approximate surface area is 212 Å². The highest BCUT2D eigenvalue weighted by atomic mass is 19.1. The van der Waals surface area contributed by atoms with Gasteiger partial charge in [0.25, 0.3) is 0 Å². The van der Waals surface area contributed by atoms with Gasteiger partial charge in [0.2, 0.25) is 0 Å². The van der Waals surface area contributed by atoms with Crippen molar-refractivity contribution in [2.45, 2.75) is 97.0 Å². The number of nitrogens with zero attached hydrogens (tertiary/aromatic N) is 1. The highest BCUT2D eigenvalue weighted by molar-refractivity contribution is 5.66. The second-order valence-corrected chi connectivity index (χ2v) is 13.2. The van der Waals surface area contributed by atoms with E-state index in [9.17, 15) is 9.18 Å². The van der Waals surface area contributed by atoms with Gasteiger partial charge < -0.3 is 9.64 Å². The van der Waals surface area contributed by atoms with E-state index in [-0.39, 0.29) is 18.0 Å². The first-order valence-corrected chi connectivity index (χ1v) is 14.3. The molecule has 4 saturated carbocycles. The lowest BCUT2D eigenvalue weighted by atomic mass is 9.44. The van der Waals surface area contributed by atoms with E-state index in [0.717, 1.165) is 42.9 Å². The fraction of sp³-hybridized carbons (Fsp3) is 0.774. The zero-order chi connectivity index (χ0) is 24.8. The second-order valence-electron chi connectivity index (χ2n) is 13.2. The molecule has 1 amide bonds. The van der Waals surface area contributed by atoms with Crippen LogP contribution in [-0.4, -0.2) is 31.2 Å². The summed E-state index contributed by atoms with van der Waals surface area (Å²) in [5.74, 6) is 4.04. The van der Waals surface area contributed by atoms with Crippen molar-refractivity contribution in [3.63, 3.8) is 0 Å². The monoisotopic (exact) mass is 483 g/mol. The van der Waals surface area contributed by atoms with Gasteiger partial charge in [0.1, 0.15) is 11.9 Å². The van der Waals surface area contributed by atoms with E-state index in [4.69, 9.17) is 4.74 Å². The maximum Gasteiger partial charge on any atom is 0.409 e. The summed E-state index contributed by atoms with van der Waals surface area (Å²) >= 11 is 0. The minimum absolute atomic E-state index is 0.102. The minimum Gasteiger partial charge on any atom is -0.446 e. The summed E-state index contributed by atoms with van der Waals surface area (Å²) in [5.41, 5.74) is 2.20. The molecule has 35 heavy (non-hydrogen) atoms. The van der Waals surface area contributed by atoms with E-state index in [1.165, 1.54) is 63.4 Å². The molecule has 0 heterocycles. The highest BCUT2D eigenvalue weighted by Gasteiger charge is 2.60. The van der Waals surface area contributed by atoms with Crippen LogP contribution >= 0.6 is 0 Å². The average molecular weight is 484 g/mol. The molecule has 4 heteroatoms. The molecule has 4 fully saturated rings. The van der Waals surface area contributed by atoms with Crippen molar-refractivity contribution in [1.29, 1.82) is 0 Å². The van der Waals surface area contributed by atoms with Gasteiger partial charge in [0.05, 0.1) is 0 Å². The number of carbonyl (C=O) groups excluding carboxylic acids is 1. The summed E-state index contributed by atoms with van der Waals surface area (Å²) in [7, 11) is 3.55. The van der Waals surface area contributed by atoms with E-state index in [0.29, 0.717) is 16.7 Å². The first kappa shape index (κ1) is 25.1. The van der Waals surface area contributed by atoms with Gasteiger partial charge in [-0.2, -0.15) is 0 Å². The molecule has 1 aromatic rings. The third-order valence-electron chi connectivity index (χ3n) is 11.4. The van der Waals surface area contributed by atoms with Crippen LogP contribution in [0.25, 0.3) is 0 Å². The van der Waals surface area contributed by atoms with Gasteiger partial charge in [-0.3, -0.25) is 0 Å². The molecule has 0 radical (unpaired) electrons.